The zero-order chi connectivity index (χ0) is 12.7. The monoisotopic (exact) mass is 250 g/mol. The third kappa shape index (κ3) is 5.41. The van der Waals surface area contributed by atoms with Crippen molar-refractivity contribution in [3.8, 4) is 0 Å². The molecule has 0 aromatic rings. The standard InChI is InChI=1S/C11H20F2N2O2/c12-10(13)8-15(6-5-14)11(16)4-3-9-2-1-7-17-9/h9-10H,1-8,14H2. The van der Waals surface area contributed by atoms with Crippen LogP contribution in [0.15, 0.2) is 0 Å². The predicted octanol–water partition coefficient (Wildman–Crippen LogP) is 0.998. The summed E-state index contributed by atoms with van der Waals surface area (Å²) in [5, 5.41) is 0. The van der Waals surface area contributed by atoms with E-state index in [9.17, 15) is 13.6 Å². The third-order valence-corrected chi connectivity index (χ3v) is 2.81. The van der Waals surface area contributed by atoms with E-state index >= 15 is 0 Å². The van der Waals surface area contributed by atoms with Crippen molar-refractivity contribution < 1.29 is 18.3 Å². The van der Waals surface area contributed by atoms with Crippen LogP contribution in [0.1, 0.15) is 25.7 Å². The summed E-state index contributed by atoms with van der Waals surface area (Å²) in [5.41, 5.74) is 5.30. The Morgan fingerprint density at radius 3 is 2.82 bits per heavy atom. The summed E-state index contributed by atoms with van der Waals surface area (Å²) in [6.07, 6.45) is 0.459. The molecule has 100 valence electrons. The molecule has 1 atom stereocenters. The first kappa shape index (κ1) is 14.3. The van der Waals surface area contributed by atoms with E-state index in [0.29, 0.717) is 6.42 Å². The van der Waals surface area contributed by atoms with Crippen LogP contribution in [0.25, 0.3) is 0 Å². The zero-order valence-electron chi connectivity index (χ0n) is 9.91. The van der Waals surface area contributed by atoms with Crippen LogP contribution in [-0.4, -0.2) is 49.6 Å². The maximum Gasteiger partial charge on any atom is 0.255 e. The second kappa shape index (κ2) is 7.55. The van der Waals surface area contributed by atoms with Crippen molar-refractivity contribution in [2.24, 2.45) is 5.73 Å². The largest absolute Gasteiger partial charge is 0.378 e. The highest BCUT2D eigenvalue weighted by Gasteiger charge is 2.21. The number of ether oxygens (including phenoxy) is 1. The first-order valence-electron chi connectivity index (χ1n) is 6.01. The summed E-state index contributed by atoms with van der Waals surface area (Å²) < 4.78 is 29.9. The number of amides is 1. The first-order chi connectivity index (χ1) is 8.13. The van der Waals surface area contributed by atoms with E-state index in [1.165, 1.54) is 0 Å². The Labute approximate surface area is 100 Å². The molecule has 1 fully saturated rings. The van der Waals surface area contributed by atoms with Crippen LogP contribution in [0, 0.1) is 0 Å². The Morgan fingerprint density at radius 2 is 2.29 bits per heavy atom. The Hall–Kier alpha value is -0.750. The molecule has 1 rings (SSSR count). The first-order valence-corrected chi connectivity index (χ1v) is 6.01. The molecule has 4 nitrogen and oxygen atoms in total. The van der Waals surface area contributed by atoms with Gasteiger partial charge in [-0.2, -0.15) is 0 Å². The van der Waals surface area contributed by atoms with Gasteiger partial charge in [0, 0.05) is 26.1 Å². The lowest BCUT2D eigenvalue weighted by Crippen LogP contribution is -2.38. The maximum absolute atomic E-state index is 12.3. The van der Waals surface area contributed by atoms with Gasteiger partial charge in [0.05, 0.1) is 12.6 Å². The molecule has 1 amide bonds. The van der Waals surface area contributed by atoms with Gasteiger partial charge in [0.15, 0.2) is 0 Å². The molecular weight excluding hydrogens is 230 g/mol. The fraction of sp³-hybridized carbons (Fsp3) is 0.909. The summed E-state index contributed by atoms with van der Waals surface area (Å²) in [4.78, 5) is 12.8. The minimum atomic E-state index is -2.51. The van der Waals surface area contributed by atoms with Crippen LogP contribution in [0.3, 0.4) is 0 Å². The number of hydrogen-bond acceptors (Lipinski definition) is 3. The molecule has 0 aromatic heterocycles. The van der Waals surface area contributed by atoms with Crippen LogP contribution in [0.4, 0.5) is 8.78 Å². The van der Waals surface area contributed by atoms with Gasteiger partial charge in [-0.25, -0.2) is 8.78 Å². The molecule has 2 N–H and O–H groups in total. The van der Waals surface area contributed by atoms with E-state index in [4.69, 9.17) is 10.5 Å². The molecular formula is C11H20F2N2O2. The minimum absolute atomic E-state index is 0.116. The number of halogens is 2. The summed E-state index contributed by atoms with van der Waals surface area (Å²) >= 11 is 0. The molecule has 1 aliphatic heterocycles. The van der Waals surface area contributed by atoms with Crippen molar-refractivity contribution in [1.29, 1.82) is 0 Å². The number of carbonyl (C=O) groups excluding carboxylic acids is 1. The molecule has 0 saturated carbocycles. The number of alkyl halides is 2. The lowest BCUT2D eigenvalue weighted by molar-refractivity contribution is -0.133. The maximum atomic E-state index is 12.3. The van der Waals surface area contributed by atoms with Gasteiger partial charge in [-0.15, -0.1) is 0 Å². The van der Waals surface area contributed by atoms with Gasteiger partial charge in [-0.3, -0.25) is 4.79 Å². The molecule has 0 aliphatic carbocycles. The van der Waals surface area contributed by atoms with E-state index in [0.717, 1.165) is 24.3 Å². The van der Waals surface area contributed by atoms with Gasteiger partial charge in [-0.05, 0) is 19.3 Å². The van der Waals surface area contributed by atoms with E-state index in [-0.39, 0.29) is 31.5 Å². The highest BCUT2D eigenvalue weighted by molar-refractivity contribution is 5.76. The second-order valence-electron chi connectivity index (χ2n) is 4.19. The van der Waals surface area contributed by atoms with Gasteiger partial charge >= 0.3 is 0 Å². The number of nitrogens with zero attached hydrogens (tertiary/aromatic N) is 1. The topological polar surface area (TPSA) is 55.6 Å². The van der Waals surface area contributed by atoms with Gasteiger partial charge in [0.2, 0.25) is 5.91 Å². The summed E-state index contributed by atoms with van der Waals surface area (Å²) in [7, 11) is 0. The number of hydrogen-bond donors (Lipinski definition) is 1. The smallest absolute Gasteiger partial charge is 0.255 e. The fourth-order valence-corrected chi connectivity index (χ4v) is 1.95. The fourth-order valence-electron chi connectivity index (χ4n) is 1.95. The normalized spacial score (nSPS) is 19.9. The molecule has 0 spiro atoms. The molecule has 0 aromatic carbocycles. The lowest BCUT2D eigenvalue weighted by atomic mass is 10.1. The summed E-state index contributed by atoms with van der Waals surface area (Å²) in [6.45, 7) is 0.608. The zero-order valence-corrected chi connectivity index (χ0v) is 9.91. The molecule has 6 heteroatoms. The van der Waals surface area contributed by atoms with Crippen LogP contribution >= 0.6 is 0 Å². The average molecular weight is 250 g/mol. The molecule has 1 heterocycles. The Bertz CT molecular complexity index is 234. The van der Waals surface area contributed by atoms with E-state index in [1.807, 2.05) is 0 Å². The third-order valence-electron chi connectivity index (χ3n) is 2.81. The van der Waals surface area contributed by atoms with Crippen LogP contribution < -0.4 is 5.73 Å². The molecule has 0 radical (unpaired) electrons. The SMILES string of the molecule is NCCN(CC(F)F)C(=O)CCC1CCCO1. The van der Waals surface area contributed by atoms with Gasteiger partial charge in [-0.1, -0.05) is 0 Å². The highest BCUT2D eigenvalue weighted by atomic mass is 19.3. The van der Waals surface area contributed by atoms with Gasteiger partial charge in [0.25, 0.3) is 6.43 Å². The Morgan fingerprint density at radius 1 is 1.53 bits per heavy atom. The number of rotatable bonds is 7. The number of nitrogens with two attached hydrogens (primary N) is 1. The molecule has 17 heavy (non-hydrogen) atoms. The van der Waals surface area contributed by atoms with E-state index in [1.54, 1.807) is 0 Å². The molecule has 1 unspecified atom stereocenters. The van der Waals surface area contributed by atoms with Gasteiger partial charge < -0.3 is 15.4 Å². The van der Waals surface area contributed by atoms with Crippen molar-refractivity contribution in [2.45, 2.75) is 38.2 Å². The van der Waals surface area contributed by atoms with Crippen molar-refractivity contribution in [1.82, 2.24) is 4.90 Å². The Kier molecular flexibility index (Phi) is 6.36. The highest BCUT2D eigenvalue weighted by Crippen LogP contribution is 2.17. The molecule has 0 bridgehead atoms. The predicted molar refractivity (Wildman–Crippen MR) is 59.8 cm³/mol. The summed E-state index contributed by atoms with van der Waals surface area (Å²) in [5.74, 6) is -0.258. The second-order valence-corrected chi connectivity index (χ2v) is 4.19. The van der Waals surface area contributed by atoms with Crippen molar-refractivity contribution in [2.75, 3.05) is 26.2 Å². The quantitative estimate of drug-likeness (QED) is 0.733. The lowest BCUT2D eigenvalue weighted by Gasteiger charge is -2.22. The molecule has 1 aliphatic rings. The average Bonchev–Trinajstić information content (AvgIpc) is 2.77. The minimum Gasteiger partial charge on any atom is -0.378 e. The van der Waals surface area contributed by atoms with E-state index < -0.39 is 13.0 Å². The molecule has 1 saturated heterocycles. The van der Waals surface area contributed by atoms with Crippen LogP contribution in [0.5, 0.6) is 0 Å². The van der Waals surface area contributed by atoms with Crippen molar-refractivity contribution in [3.05, 3.63) is 0 Å². The summed E-state index contributed by atoms with van der Waals surface area (Å²) in [6, 6.07) is 0. The van der Waals surface area contributed by atoms with Crippen LogP contribution in [0.2, 0.25) is 0 Å². The Balaban J connectivity index is 2.30. The van der Waals surface area contributed by atoms with Gasteiger partial charge in [0.1, 0.15) is 0 Å². The van der Waals surface area contributed by atoms with Crippen LogP contribution in [-0.2, 0) is 9.53 Å². The van der Waals surface area contributed by atoms with E-state index in [2.05, 4.69) is 0 Å². The number of carbonyl (C=O) groups is 1. The van der Waals surface area contributed by atoms with Crippen molar-refractivity contribution >= 4 is 5.91 Å². The van der Waals surface area contributed by atoms with Crippen molar-refractivity contribution in [3.63, 3.8) is 0 Å².